The molecule has 0 atom stereocenters. The molecule has 2 aromatic heterocycles. The molecule has 0 aliphatic carbocycles. The number of phenolic OH excluding ortho intramolecular Hbond substituents is 1. The maximum absolute atomic E-state index is 13.0. The molecule has 0 saturated heterocycles. The number of ether oxygens (including phenoxy) is 2. The van der Waals surface area contributed by atoms with E-state index in [2.05, 4.69) is 35.8 Å². The van der Waals surface area contributed by atoms with Gasteiger partial charge in [0.1, 0.15) is 11.4 Å². The number of anilines is 1. The van der Waals surface area contributed by atoms with E-state index in [-0.39, 0.29) is 35.6 Å². The number of carbonyl (C=O) groups is 1. The molecule has 2 aromatic carbocycles. The Hall–Kier alpha value is -4.94. The maximum atomic E-state index is 13.0. The Balaban J connectivity index is 1.54. The monoisotopic (exact) mass is 448 g/mol. The van der Waals surface area contributed by atoms with Crippen LogP contribution in [0.15, 0.2) is 52.2 Å². The van der Waals surface area contributed by atoms with E-state index in [0.717, 1.165) is 0 Å². The second kappa shape index (κ2) is 7.96. The summed E-state index contributed by atoms with van der Waals surface area (Å²) in [6.45, 7) is 1.73. The minimum atomic E-state index is -0.654. The molecule has 13 nitrogen and oxygen atoms in total. The lowest BCUT2D eigenvalue weighted by molar-refractivity contribution is 0.0950. The van der Waals surface area contributed by atoms with Crippen molar-refractivity contribution >= 4 is 17.4 Å². The Morgan fingerprint density at radius 2 is 2.00 bits per heavy atom. The molecule has 0 bridgehead atoms. The molecule has 33 heavy (non-hydrogen) atoms. The second-order valence-electron chi connectivity index (χ2n) is 6.89. The highest BCUT2D eigenvalue weighted by atomic mass is 16.7. The summed E-state index contributed by atoms with van der Waals surface area (Å²) < 4.78 is 16.7. The van der Waals surface area contributed by atoms with E-state index in [1.165, 1.54) is 10.7 Å². The van der Waals surface area contributed by atoms with E-state index in [1.54, 1.807) is 43.3 Å². The van der Waals surface area contributed by atoms with Gasteiger partial charge >= 0.3 is 0 Å². The zero-order chi connectivity index (χ0) is 22.9. The van der Waals surface area contributed by atoms with Gasteiger partial charge in [-0.05, 0) is 47.6 Å². The molecule has 5 rings (SSSR count). The highest BCUT2D eigenvalue weighted by Crippen LogP contribution is 2.37. The lowest BCUT2D eigenvalue weighted by Crippen LogP contribution is -2.21. The van der Waals surface area contributed by atoms with Crippen LogP contribution in [0.2, 0.25) is 0 Å². The molecule has 1 amide bonds. The van der Waals surface area contributed by atoms with Crippen molar-refractivity contribution in [2.24, 2.45) is 5.10 Å². The van der Waals surface area contributed by atoms with Crippen molar-refractivity contribution in [3.8, 4) is 34.3 Å². The Bertz CT molecular complexity index is 1390. The number of hydrazone groups is 1. The summed E-state index contributed by atoms with van der Waals surface area (Å²) in [7, 11) is 0. The molecule has 13 heteroatoms. The molecule has 0 radical (unpaired) electrons. The number of rotatable bonds is 5. The minimum absolute atomic E-state index is 0.0361. The van der Waals surface area contributed by atoms with Gasteiger partial charge in [0, 0.05) is 11.1 Å². The fraction of sp³-hybridized carbons (Fsp3) is 0.100. The summed E-state index contributed by atoms with van der Waals surface area (Å²) in [6, 6.07) is 11.7. The first-order chi connectivity index (χ1) is 16.0. The normalized spacial score (nSPS) is 12.7. The number of aromatic nitrogens is 5. The van der Waals surface area contributed by atoms with E-state index >= 15 is 0 Å². The summed E-state index contributed by atoms with van der Waals surface area (Å²) in [5, 5.41) is 29.4. The van der Waals surface area contributed by atoms with E-state index < -0.39 is 5.91 Å². The smallest absolute Gasteiger partial charge is 0.294 e. The first-order valence-electron chi connectivity index (χ1n) is 9.60. The Morgan fingerprint density at radius 1 is 1.18 bits per heavy atom. The molecule has 0 saturated carbocycles. The van der Waals surface area contributed by atoms with Gasteiger partial charge in [-0.2, -0.15) is 9.78 Å². The molecule has 0 spiro atoms. The predicted molar refractivity (Wildman–Crippen MR) is 113 cm³/mol. The molecule has 4 N–H and O–H groups in total. The molecule has 1 aliphatic rings. The average molecular weight is 448 g/mol. The SMILES string of the molecule is C/C(=N\NC(=O)c1nnn(-c2nonc2N)c1-c1ccc2c(c1)OCO2)c1ccccc1O. The van der Waals surface area contributed by atoms with Crippen LogP contribution in [0.1, 0.15) is 23.0 Å². The Morgan fingerprint density at radius 3 is 2.79 bits per heavy atom. The predicted octanol–water partition coefficient (Wildman–Crippen LogP) is 1.49. The van der Waals surface area contributed by atoms with Crippen molar-refractivity contribution in [3.05, 3.63) is 53.7 Å². The number of aromatic hydroxyl groups is 1. The number of carbonyl (C=O) groups excluding carboxylic acids is 1. The van der Waals surface area contributed by atoms with Crippen LogP contribution in [0.5, 0.6) is 17.2 Å². The first kappa shape index (κ1) is 20.0. The molecule has 4 aromatic rings. The third-order valence-electron chi connectivity index (χ3n) is 4.85. The number of nitrogens with zero attached hydrogens (tertiary/aromatic N) is 6. The summed E-state index contributed by atoms with van der Waals surface area (Å²) in [6.07, 6.45) is 0. The molecular formula is C20H16N8O5. The Labute approximate surface area is 185 Å². The van der Waals surface area contributed by atoms with Crippen molar-refractivity contribution in [2.75, 3.05) is 12.5 Å². The number of nitrogen functional groups attached to an aromatic ring is 1. The summed E-state index contributed by atoms with van der Waals surface area (Å²) in [5.74, 6) is 0.457. The van der Waals surface area contributed by atoms with Crippen LogP contribution in [0.3, 0.4) is 0 Å². The zero-order valence-corrected chi connectivity index (χ0v) is 17.1. The number of hydrogen-bond acceptors (Lipinski definition) is 11. The molecule has 166 valence electrons. The number of amides is 1. The summed E-state index contributed by atoms with van der Waals surface area (Å²) in [5.41, 5.74) is 9.84. The van der Waals surface area contributed by atoms with Gasteiger partial charge in [0.25, 0.3) is 5.91 Å². The van der Waals surface area contributed by atoms with Crippen LogP contribution in [0, 0.1) is 0 Å². The quantitative estimate of drug-likeness (QED) is 0.299. The number of hydrogen-bond donors (Lipinski definition) is 3. The third-order valence-corrected chi connectivity index (χ3v) is 4.85. The standard InChI is InChI=1S/C20H16N8O5/c1-10(12-4-2-3-5-13(12)29)22-24-20(30)16-17(11-6-7-14-15(8-11)32-9-31-14)28(27-23-16)19-18(21)25-33-26-19/h2-8,29H,9H2,1H3,(H2,21,25)(H,24,30)/b22-10+. The van der Waals surface area contributed by atoms with Crippen molar-refractivity contribution in [2.45, 2.75) is 6.92 Å². The number of nitrogens with two attached hydrogens (primary N) is 1. The van der Waals surface area contributed by atoms with E-state index in [1.807, 2.05) is 0 Å². The van der Waals surface area contributed by atoms with Gasteiger partial charge < -0.3 is 20.3 Å². The van der Waals surface area contributed by atoms with Gasteiger partial charge in [-0.15, -0.1) is 5.10 Å². The highest BCUT2D eigenvalue weighted by molar-refractivity contribution is 6.03. The summed E-state index contributed by atoms with van der Waals surface area (Å²) in [4.78, 5) is 13.0. The van der Waals surface area contributed by atoms with Crippen LogP contribution in [0.25, 0.3) is 17.1 Å². The topological polar surface area (TPSA) is 176 Å². The largest absolute Gasteiger partial charge is 0.507 e. The van der Waals surface area contributed by atoms with Crippen molar-refractivity contribution in [3.63, 3.8) is 0 Å². The van der Waals surface area contributed by atoms with Crippen molar-refractivity contribution in [1.82, 2.24) is 30.7 Å². The lowest BCUT2D eigenvalue weighted by Gasteiger charge is -2.07. The second-order valence-corrected chi connectivity index (χ2v) is 6.89. The maximum Gasteiger partial charge on any atom is 0.294 e. The van der Waals surface area contributed by atoms with Crippen molar-refractivity contribution < 1.29 is 24.0 Å². The van der Waals surface area contributed by atoms with Crippen molar-refractivity contribution in [1.29, 1.82) is 0 Å². The Kier molecular flexibility index (Phi) is 4.82. The number of benzene rings is 2. The number of phenols is 1. The van der Waals surface area contributed by atoms with E-state index in [9.17, 15) is 9.90 Å². The van der Waals surface area contributed by atoms with Gasteiger partial charge in [-0.1, -0.05) is 17.3 Å². The third kappa shape index (κ3) is 3.56. The van der Waals surface area contributed by atoms with Gasteiger partial charge in [0.2, 0.25) is 18.4 Å². The first-order valence-corrected chi connectivity index (χ1v) is 9.60. The number of para-hydroxylation sites is 1. The summed E-state index contributed by atoms with van der Waals surface area (Å²) >= 11 is 0. The van der Waals surface area contributed by atoms with E-state index in [4.69, 9.17) is 15.2 Å². The van der Waals surface area contributed by atoms with Crippen LogP contribution >= 0.6 is 0 Å². The van der Waals surface area contributed by atoms with Gasteiger partial charge in [-0.25, -0.2) is 10.1 Å². The van der Waals surface area contributed by atoms with Gasteiger partial charge in [0.15, 0.2) is 17.2 Å². The number of nitrogens with one attached hydrogen (secondary N) is 1. The van der Waals surface area contributed by atoms with Crippen LogP contribution in [0.4, 0.5) is 5.82 Å². The zero-order valence-electron chi connectivity index (χ0n) is 17.1. The lowest BCUT2D eigenvalue weighted by atomic mass is 10.1. The molecule has 3 heterocycles. The average Bonchev–Trinajstić information content (AvgIpc) is 3.55. The molecule has 0 unspecified atom stereocenters. The van der Waals surface area contributed by atoms with Crippen LogP contribution in [-0.2, 0) is 0 Å². The number of fused-ring (bicyclic) bond motifs is 1. The van der Waals surface area contributed by atoms with Gasteiger partial charge in [-0.3, -0.25) is 4.79 Å². The van der Waals surface area contributed by atoms with Crippen LogP contribution < -0.4 is 20.6 Å². The van der Waals surface area contributed by atoms with Crippen LogP contribution in [-0.4, -0.2) is 48.8 Å². The van der Waals surface area contributed by atoms with E-state index in [0.29, 0.717) is 28.3 Å². The fourth-order valence-corrected chi connectivity index (χ4v) is 3.25. The fourth-order valence-electron chi connectivity index (χ4n) is 3.25. The molecule has 0 fully saturated rings. The minimum Gasteiger partial charge on any atom is -0.507 e. The molecule has 1 aliphatic heterocycles. The molecular weight excluding hydrogens is 432 g/mol. The van der Waals surface area contributed by atoms with Gasteiger partial charge in [0.05, 0.1) is 5.71 Å². The highest BCUT2D eigenvalue weighted by Gasteiger charge is 2.27.